The lowest BCUT2D eigenvalue weighted by molar-refractivity contribution is 0.0691. The van der Waals surface area contributed by atoms with Gasteiger partial charge in [-0.3, -0.25) is 4.79 Å². The van der Waals surface area contributed by atoms with Gasteiger partial charge < -0.3 is 10.4 Å². The Kier molecular flexibility index (Phi) is 2.68. The number of carbonyl (C=O) groups is 2. The van der Waals surface area contributed by atoms with Gasteiger partial charge in [-0.1, -0.05) is 0 Å². The van der Waals surface area contributed by atoms with Crippen LogP contribution in [0.25, 0.3) is 0 Å². The van der Waals surface area contributed by atoms with Crippen LogP contribution in [0.3, 0.4) is 0 Å². The van der Waals surface area contributed by atoms with Crippen LogP contribution in [0.15, 0.2) is 5.38 Å². The lowest BCUT2D eigenvalue weighted by Gasteiger charge is -1.99. The molecule has 1 aliphatic rings. The second kappa shape index (κ2) is 3.98. The van der Waals surface area contributed by atoms with Crippen molar-refractivity contribution in [2.75, 3.05) is 6.54 Å². The van der Waals surface area contributed by atoms with Gasteiger partial charge in [0.1, 0.15) is 0 Å². The molecule has 1 aliphatic carbocycles. The van der Waals surface area contributed by atoms with Crippen molar-refractivity contribution in [2.45, 2.75) is 12.8 Å². The first-order chi connectivity index (χ1) is 7.16. The normalized spacial score (nSPS) is 14.9. The summed E-state index contributed by atoms with van der Waals surface area (Å²) in [6.45, 7) is 0.667. The van der Waals surface area contributed by atoms with Crippen LogP contribution in [-0.2, 0) is 0 Å². The number of hydrogen-bond donors (Lipinski definition) is 2. The molecule has 0 aliphatic heterocycles. The summed E-state index contributed by atoms with van der Waals surface area (Å²) in [7, 11) is 0. The smallest absolute Gasteiger partial charge is 0.355 e. The summed E-state index contributed by atoms with van der Waals surface area (Å²) in [5, 5.41) is 12.9. The SMILES string of the molecule is O=C(O)c1csc(C(=O)NCC2CC2)n1. The van der Waals surface area contributed by atoms with E-state index in [4.69, 9.17) is 5.11 Å². The molecule has 0 bridgehead atoms. The fourth-order valence-corrected chi connectivity index (χ4v) is 1.82. The first-order valence-electron chi connectivity index (χ1n) is 4.64. The largest absolute Gasteiger partial charge is 0.476 e. The summed E-state index contributed by atoms with van der Waals surface area (Å²) < 4.78 is 0. The van der Waals surface area contributed by atoms with Gasteiger partial charge >= 0.3 is 5.97 Å². The number of aromatic carboxylic acids is 1. The van der Waals surface area contributed by atoms with E-state index in [0.717, 1.165) is 11.3 Å². The molecule has 1 fully saturated rings. The van der Waals surface area contributed by atoms with Gasteiger partial charge in [-0.25, -0.2) is 9.78 Å². The van der Waals surface area contributed by atoms with E-state index in [0.29, 0.717) is 12.5 Å². The highest BCUT2D eigenvalue weighted by atomic mass is 32.1. The third-order valence-corrected chi connectivity index (χ3v) is 3.01. The highest BCUT2D eigenvalue weighted by Crippen LogP contribution is 2.27. The molecule has 0 unspecified atom stereocenters. The molecule has 0 atom stereocenters. The molecule has 0 spiro atoms. The van der Waals surface area contributed by atoms with Crippen molar-refractivity contribution in [3.8, 4) is 0 Å². The number of carboxylic acids is 1. The van der Waals surface area contributed by atoms with E-state index in [1.54, 1.807) is 0 Å². The number of thiazole rings is 1. The third kappa shape index (κ3) is 2.53. The Morgan fingerprint density at radius 2 is 2.33 bits per heavy atom. The molecular weight excluding hydrogens is 216 g/mol. The number of carbonyl (C=O) groups excluding carboxylic acids is 1. The van der Waals surface area contributed by atoms with Crippen molar-refractivity contribution in [3.63, 3.8) is 0 Å². The molecular formula is C9H10N2O3S. The summed E-state index contributed by atoms with van der Waals surface area (Å²) in [4.78, 5) is 25.7. The molecule has 2 N–H and O–H groups in total. The summed E-state index contributed by atoms with van der Waals surface area (Å²) in [6.07, 6.45) is 2.33. The van der Waals surface area contributed by atoms with E-state index >= 15 is 0 Å². The van der Waals surface area contributed by atoms with Crippen molar-refractivity contribution in [2.24, 2.45) is 5.92 Å². The quantitative estimate of drug-likeness (QED) is 0.802. The summed E-state index contributed by atoms with van der Waals surface area (Å²) in [6, 6.07) is 0. The average Bonchev–Trinajstić information content (AvgIpc) is 2.88. The number of nitrogens with one attached hydrogen (secondary N) is 1. The van der Waals surface area contributed by atoms with Gasteiger partial charge in [0.2, 0.25) is 0 Å². The van der Waals surface area contributed by atoms with Gasteiger partial charge in [0, 0.05) is 11.9 Å². The second-order valence-corrected chi connectivity index (χ2v) is 4.35. The topological polar surface area (TPSA) is 79.3 Å². The van der Waals surface area contributed by atoms with Crippen molar-refractivity contribution in [3.05, 3.63) is 16.1 Å². The van der Waals surface area contributed by atoms with Crippen molar-refractivity contribution < 1.29 is 14.7 Å². The Morgan fingerprint density at radius 1 is 1.60 bits per heavy atom. The Morgan fingerprint density at radius 3 is 2.87 bits per heavy atom. The highest BCUT2D eigenvalue weighted by Gasteiger charge is 2.22. The number of aromatic nitrogens is 1. The predicted octanol–water partition coefficient (Wildman–Crippen LogP) is 0.981. The standard InChI is InChI=1S/C9H10N2O3S/c12-7(10-3-5-1-2-5)8-11-6(4-15-8)9(13)14/h4-5H,1-3H2,(H,10,12)(H,13,14). The van der Waals surface area contributed by atoms with Crippen LogP contribution in [0, 0.1) is 5.92 Å². The maximum atomic E-state index is 11.5. The number of hydrogen-bond acceptors (Lipinski definition) is 4. The molecule has 0 saturated heterocycles. The summed E-state index contributed by atoms with van der Waals surface area (Å²) >= 11 is 1.05. The van der Waals surface area contributed by atoms with Crippen LogP contribution >= 0.6 is 11.3 Å². The van der Waals surface area contributed by atoms with Gasteiger partial charge in [-0.15, -0.1) is 11.3 Å². The first-order valence-corrected chi connectivity index (χ1v) is 5.52. The Balaban J connectivity index is 1.94. The fourth-order valence-electron chi connectivity index (χ4n) is 1.11. The van der Waals surface area contributed by atoms with Gasteiger partial charge in [0.15, 0.2) is 10.7 Å². The molecule has 1 amide bonds. The van der Waals surface area contributed by atoms with Crippen LogP contribution in [-0.4, -0.2) is 28.5 Å². The minimum atomic E-state index is -1.10. The Hall–Kier alpha value is -1.43. The van der Waals surface area contributed by atoms with E-state index in [-0.39, 0.29) is 16.6 Å². The zero-order valence-corrected chi connectivity index (χ0v) is 8.71. The second-order valence-electron chi connectivity index (χ2n) is 3.50. The number of rotatable bonds is 4. The summed E-state index contributed by atoms with van der Waals surface area (Å²) in [5.74, 6) is -0.778. The maximum Gasteiger partial charge on any atom is 0.355 e. The van der Waals surface area contributed by atoms with Crippen molar-refractivity contribution >= 4 is 23.2 Å². The van der Waals surface area contributed by atoms with E-state index in [2.05, 4.69) is 10.3 Å². The predicted molar refractivity (Wildman–Crippen MR) is 54.1 cm³/mol. The van der Waals surface area contributed by atoms with Crippen LogP contribution < -0.4 is 5.32 Å². The average molecular weight is 226 g/mol. The van der Waals surface area contributed by atoms with Crippen LogP contribution in [0.2, 0.25) is 0 Å². The molecule has 1 heterocycles. The number of nitrogens with zero attached hydrogens (tertiary/aromatic N) is 1. The Bertz CT molecular complexity index is 398. The number of amides is 1. The van der Waals surface area contributed by atoms with E-state index < -0.39 is 5.97 Å². The van der Waals surface area contributed by atoms with Gasteiger partial charge in [-0.2, -0.15) is 0 Å². The lowest BCUT2D eigenvalue weighted by Crippen LogP contribution is -2.25. The molecule has 0 radical (unpaired) electrons. The van der Waals surface area contributed by atoms with Crippen LogP contribution in [0.4, 0.5) is 0 Å². The highest BCUT2D eigenvalue weighted by molar-refractivity contribution is 7.11. The first kappa shape index (κ1) is 10.1. The van der Waals surface area contributed by atoms with Crippen LogP contribution in [0.5, 0.6) is 0 Å². The molecule has 1 saturated carbocycles. The van der Waals surface area contributed by atoms with E-state index in [9.17, 15) is 9.59 Å². The fraction of sp³-hybridized carbons (Fsp3) is 0.444. The minimum absolute atomic E-state index is 0.0726. The maximum absolute atomic E-state index is 11.5. The molecule has 80 valence electrons. The monoisotopic (exact) mass is 226 g/mol. The molecule has 2 rings (SSSR count). The van der Waals surface area contributed by atoms with Crippen molar-refractivity contribution in [1.29, 1.82) is 0 Å². The molecule has 0 aromatic carbocycles. The number of carboxylic acid groups (broad SMARTS) is 1. The molecule has 5 nitrogen and oxygen atoms in total. The lowest BCUT2D eigenvalue weighted by atomic mass is 10.4. The summed E-state index contributed by atoms with van der Waals surface area (Å²) in [5.41, 5.74) is -0.0726. The van der Waals surface area contributed by atoms with Crippen LogP contribution in [0.1, 0.15) is 33.1 Å². The van der Waals surface area contributed by atoms with Gasteiger partial charge in [-0.05, 0) is 18.8 Å². The molecule has 1 aromatic heterocycles. The van der Waals surface area contributed by atoms with E-state index in [1.807, 2.05) is 0 Å². The molecule has 1 aromatic rings. The van der Waals surface area contributed by atoms with Gasteiger partial charge in [0.25, 0.3) is 5.91 Å². The zero-order valence-electron chi connectivity index (χ0n) is 7.90. The minimum Gasteiger partial charge on any atom is -0.476 e. The zero-order chi connectivity index (χ0) is 10.8. The molecule has 15 heavy (non-hydrogen) atoms. The van der Waals surface area contributed by atoms with Gasteiger partial charge in [0.05, 0.1) is 0 Å². The van der Waals surface area contributed by atoms with Crippen molar-refractivity contribution in [1.82, 2.24) is 10.3 Å². The third-order valence-electron chi connectivity index (χ3n) is 2.17. The Labute approximate surface area is 90.1 Å². The molecule has 6 heteroatoms. The van der Waals surface area contributed by atoms with E-state index in [1.165, 1.54) is 18.2 Å².